The van der Waals surface area contributed by atoms with E-state index in [1.165, 1.54) is 12.8 Å². The monoisotopic (exact) mass is 278 g/mol. The van der Waals surface area contributed by atoms with Crippen LogP contribution in [0.1, 0.15) is 12.8 Å². The molecule has 1 aliphatic heterocycles. The highest BCUT2D eigenvalue weighted by Gasteiger charge is 2.19. The van der Waals surface area contributed by atoms with Gasteiger partial charge in [-0.25, -0.2) is 4.98 Å². The molecule has 19 heavy (non-hydrogen) atoms. The molecule has 4 nitrogen and oxygen atoms in total. The summed E-state index contributed by atoms with van der Waals surface area (Å²) in [6.45, 7) is 2.17. The van der Waals surface area contributed by atoms with E-state index < -0.39 is 0 Å². The maximum absolute atomic E-state index is 4.69. The number of fused-ring (bicyclic) bond motifs is 1. The molecule has 102 valence electrons. The van der Waals surface area contributed by atoms with Crippen molar-refractivity contribution < 1.29 is 0 Å². The Balaban J connectivity index is 0.00000133. The summed E-state index contributed by atoms with van der Waals surface area (Å²) in [4.78, 5) is 11.4. The molecule has 0 bridgehead atoms. The van der Waals surface area contributed by atoms with Gasteiger partial charge in [-0.2, -0.15) is 0 Å². The predicted octanol–water partition coefficient (Wildman–Crippen LogP) is 2.24. The average molecular weight is 279 g/mol. The van der Waals surface area contributed by atoms with Gasteiger partial charge in [0, 0.05) is 19.6 Å². The van der Waals surface area contributed by atoms with Gasteiger partial charge < -0.3 is 10.2 Å². The second kappa shape index (κ2) is 6.17. The normalized spacial score (nSPS) is 18.9. The van der Waals surface area contributed by atoms with Crippen LogP contribution in [0.25, 0.3) is 11.0 Å². The Labute approximate surface area is 119 Å². The Hall–Kier alpha value is -1.39. The summed E-state index contributed by atoms with van der Waals surface area (Å²) >= 11 is 0. The number of hydrogen-bond donors (Lipinski definition) is 1. The molecule has 1 aromatic carbocycles. The third-order valence-electron chi connectivity index (χ3n) is 3.62. The summed E-state index contributed by atoms with van der Waals surface area (Å²) in [6.07, 6.45) is 4.32. The maximum Gasteiger partial charge on any atom is 0.147 e. The highest BCUT2D eigenvalue weighted by Crippen LogP contribution is 2.18. The van der Waals surface area contributed by atoms with E-state index in [0.717, 1.165) is 29.9 Å². The number of anilines is 1. The smallest absolute Gasteiger partial charge is 0.147 e. The SMILES string of the molecule is CN(c1cnc2ccccc2n1)C1CCCNC1.Cl. The van der Waals surface area contributed by atoms with Crippen LogP contribution in [-0.4, -0.2) is 36.1 Å². The molecular formula is C14H19ClN4. The van der Waals surface area contributed by atoms with E-state index in [0.29, 0.717) is 6.04 Å². The number of likely N-dealkylation sites (N-methyl/N-ethyl adjacent to an activating group) is 1. The number of hydrogen-bond acceptors (Lipinski definition) is 4. The van der Waals surface area contributed by atoms with Gasteiger partial charge in [0.1, 0.15) is 5.82 Å². The lowest BCUT2D eigenvalue weighted by atomic mass is 10.1. The Morgan fingerprint density at radius 3 is 2.79 bits per heavy atom. The summed E-state index contributed by atoms with van der Waals surface area (Å²) in [5, 5.41) is 3.43. The molecule has 1 unspecified atom stereocenters. The van der Waals surface area contributed by atoms with Crippen LogP contribution in [-0.2, 0) is 0 Å². The van der Waals surface area contributed by atoms with E-state index >= 15 is 0 Å². The predicted molar refractivity (Wildman–Crippen MR) is 81.1 cm³/mol. The third-order valence-corrected chi connectivity index (χ3v) is 3.62. The van der Waals surface area contributed by atoms with E-state index in [4.69, 9.17) is 0 Å². The van der Waals surface area contributed by atoms with Gasteiger partial charge in [0.05, 0.1) is 17.2 Å². The van der Waals surface area contributed by atoms with Crippen molar-refractivity contribution in [2.24, 2.45) is 0 Å². The van der Waals surface area contributed by atoms with Gasteiger partial charge in [0.15, 0.2) is 0 Å². The number of piperidine rings is 1. The lowest BCUT2D eigenvalue weighted by Crippen LogP contribution is -2.44. The molecule has 0 aliphatic carbocycles. The van der Waals surface area contributed by atoms with Crippen LogP contribution in [0.3, 0.4) is 0 Å². The van der Waals surface area contributed by atoms with E-state index in [1.54, 1.807) is 0 Å². The van der Waals surface area contributed by atoms with Crippen LogP contribution < -0.4 is 10.2 Å². The molecule has 0 amide bonds. The minimum atomic E-state index is 0. The van der Waals surface area contributed by atoms with Crippen LogP contribution in [0, 0.1) is 0 Å². The first-order valence-corrected chi connectivity index (χ1v) is 6.50. The Kier molecular flexibility index (Phi) is 4.56. The van der Waals surface area contributed by atoms with Crippen LogP contribution >= 0.6 is 12.4 Å². The number of benzene rings is 1. The zero-order chi connectivity index (χ0) is 12.4. The topological polar surface area (TPSA) is 41.1 Å². The van der Waals surface area contributed by atoms with Gasteiger partial charge in [0.25, 0.3) is 0 Å². The van der Waals surface area contributed by atoms with Crippen molar-refractivity contribution in [3.05, 3.63) is 30.5 Å². The number of para-hydroxylation sites is 2. The molecule has 1 aromatic heterocycles. The summed E-state index contributed by atoms with van der Waals surface area (Å²) < 4.78 is 0. The summed E-state index contributed by atoms with van der Waals surface area (Å²) in [7, 11) is 2.11. The first-order chi connectivity index (χ1) is 8.84. The van der Waals surface area contributed by atoms with E-state index in [2.05, 4.69) is 27.2 Å². The highest BCUT2D eigenvalue weighted by molar-refractivity contribution is 5.85. The molecule has 0 spiro atoms. The van der Waals surface area contributed by atoms with E-state index in [-0.39, 0.29) is 12.4 Å². The van der Waals surface area contributed by atoms with Crippen molar-refractivity contribution in [1.82, 2.24) is 15.3 Å². The van der Waals surface area contributed by atoms with Crippen LogP contribution in [0.15, 0.2) is 30.5 Å². The average Bonchev–Trinajstić information content (AvgIpc) is 2.47. The van der Waals surface area contributed by atoms with Gasteiger partial charge in [0.2, 0.25) is 0 Å². The number of nitrogens with zero attached hydrogens (tertiary/aromatic N) is 3. The molecule has 0 radical (unpaired) electrons. The Morgan fingerprint density at radius 2 is 2.05 bits per heavy atom. The molecule has 1 fully saturated rings. The molecule has 5 heteroatoms. The molecule has 1 N–H and O–H groups in total. The fraction of sp³-hybridized carbons (Fsp3) is 0.429. The molecule has 1 atom stereocenters. The minimum absolute atomic E-state index is 0. The summed E-state index contributed by atoms with van der Waals surface area (Å²) in [5.74, 6) is 0.961. The number of aromatic nitrogens is 2. The fourth-order valence-corrected chi connectivity index (χ4v) is 2.47. The standard InChI is InChI=1S/C14H18N4.ClH/c1-18(11-5-4-8-15-9-11)14-10-16-12-6-2-3-7-13(12)17-14;/h2-3,6-7,10-11,15H,4-5,8-9H2,1H3;1H. The van der Waals surface area contributed by atoms with Crippen molar-refractivity contribution in [2.75, 3.05) is 25.0 Å². The van der Waals surface area contributed by atoms with Crippen LogP contribution in [0.2, 0.25) is 0 Å². The van der Waals surface area contributed by atoms with Crippen molar-refractivity contribution in [3.63, 3.8) is 0 Å². The van der Waals surface area contributed by atoms with Gasteiger partial charge in [-0.15, -0.1) is 12.4 Å². The van der Waals surface area contributed by atoms with Gasteiger partial charge in [-0.05, 0) is 31.5 Å². The van der Waals surface area contributed by atoms with Crippen molar-refractivity contribution in [2.45, 2.75) is 18.9 Å². The quantitative estimate of drug-likeness (QED) is 0.915. The lowest BCUT2D eigenvalue weighted by molar-refractivity contribution is 0.443. The summed E-state index contributed by atoms with van der Waals surface area (Å²) in [6, 6.07) is 8.52. The Morgan fingerprint density at radius 1 is 1.26 bits per heavy atom. The lowest BCUT2D eigenvalue weighted by Gasteiger charge is -2.32. The van der Waals surface area contributed by atoms with Crippen LogP contribution in [0.4, 0.5) is 5.82 Å². The zero-order valence-electron chi connectivity index (χ0n) is 11.0. The van der Waals surface area contributed by atoms with Crippen molar-refractivity contribution in [1.29, 1.82) is 0 Å². The van der Waals surface area contributed by atoms with Crippen molar-refractivity contribution >= 4 is 29.3 Å². The largest absolute Gasteiger partial charge is 0.354 e. The second-order valence-electron chi connectivity index (χ2n) is 4.83. The first-order valence-electron chi connectivity index (χ1n) is 6.50. The van der Waals surface area contributed by atoms with Crippen molar-refractivity contribution in [3.8, 4) is 0 Å². The van der Waals surface area contributed by atoms with Gasteiger partial charge >= 0.3 is 0 Å². The molecule has 2 heterocycles. The second-order valence-corrected chi connectivity index (χ2v) is 4.83. The fourth-order valence-electron chi connectivity index (χ4n) is 2.47. The Bertz CT molecular complexity index is 540. The molecule has 2 aromatic rings. The zero-order valence-corrected chi connectivity index (χ0v) is 11.9. The van der Waals surface area contributed by atoms with E-state index in [1.807, 2.05) is 30.5 Å². The van der Waals surface area contributed by atoms with Gasteiger partial charge in [-0.3, -0.25) is 4.98 Å². The maximum atomic E-state index is 4.69. The number of halogens is 1. The molecule has 3 rings (SSSR count). The van der Waals surface area contributed by atoms with E-state index in [9.17, 15) is 0 Å². The molecule has 0 saturated carbocycles. The summed E-state index contributed by atoms with van der Waals surface area (Å²) in [5.41, 5.74) is 1.92. The van der Waals surface area contributed by atoms with Crippen LogP contribution in [0.5, 0.6) is 0 Å². The molecule has 1 aliphatic rings. The number of nitrogens with one attached hydrogen (secondary N) is 1. The molecular weight excluding hydrogens is 260 g/mol. The first kappa shape index (κ1) is 14.0. The third kappa shape index (κ3) is 2.96. The highest BCUT2D eigenvalue weighted by atomic mass is 35.5. The molecule has 1 saturated heterocycles. The number of rotatable bonds is 2. The van der Waals surface area contributed by atoms with Gasteiger partial charge in [-0.1, -0.05) is 12.1 Å². The minimum Gasteiger partial charge on any atom is -0.354 e.